The summed E-state index contributed by atoms with van der Waals surface area (Å²) in [5, 5.41) is 14.3. The van der Waals surface area contributed by atoms with Gasteiger partial charge in [0.2, 0.25) is 5.91 Å². The predicted octanol–water partition coefficient (Wildman–Crippen LogP) is 4.30. The first-order valence-corrected chi connectivity index (χ1v) is 15.4. The third-order valence-electron chi connectivity index (χ3n) is 7.17. The van der Waals surface area contributed by atoms with E-state index in [9.17, 15) is 14.7 Å². The van der Waals surface area contributed by atoms with E-state index in [1.807, 2.05) is 51.8 Å². The lowest BCUT2D eigenvalue weighted by Crippen LogP contribution is -2.48. The molecule has 10 nitrogen and oxygen atoms in total. The highest BCUT2D eigenvalue weighted by Gasteiger charge is 2.34. The van der Waals surface area contributed by atoms with E-state index in [4.69, 9.17) is 23.8 Å². The summed E-state index contributed by atoms with van der Waals surface area (Å²) < 4.78 is 22.0. The van der Waals surface area contributed by atoms with Gasteiger partial charge in [0.25, 0.3) is 0 Å². The highest BCUT2D eigenvalue weighted by molar-refractivity contribution is 5.84. The minimum Gasteiger partial charge on any atom is -0.493 e. The summed E-state index contributed by atoms with van der Waals surface area (Å²) in [6.45, 7) is 15.9. The summed E-state index contributed by atoms with van der Waals surface area (Å²) in [4.78, 5) is 30.7. The zero-order valence-corrected chi connectivity index (χ0v) is 27.8. The molecule has 10 heteroatoms. The first kappa shape index (κ1) is 38.6. The van der Waals surface area contributed by atoms with E-state index < -0.39 is 23.7 Å². The number of methoxy groups -OCH3 is 2. The van der Waals surface area contributed by atoms with Gasteiger partial charge in [0, 0.05) is 13.7 Å². The first-order chi connectivity index (χ1) is 20.4. The van der Waals surface area contributed by atoms with Crippen LogP contribution in [0.3, 0.4) is 0 Å². The number of hydrogen-bond acceptors (Lipinski definition) is 9. The number of carbonyl (C=O) groups excluding carboxylic acids is 2. The Hall–Kier alpha value is -2.46. The molecule has 0 unspecified atom stereocenters. The second kappa shape index (κ2) is 20.5. The topological polar surface area (TPSA) is 125 Å². The van der Waals surface area contributed by atoms with Gasteiger partial charge in [0.05, 0.1) is 50.1 Å². The van der Waals surface area contributed by atoms with Gasteiger partial charge in [0.15, 0.2) is 11.5 Å². The van der Waals surface area contributed by atoms with Crippen molar-refractivity contribution in [1.29, 1.82) is 0 Å². The summed E-state index contributed by atoms with van der Waals surface area (Å²) in [5.74, 6) is 2.29. The van der Waals surface area contributed by atoms with Crippen LogP contribution in [-0.2, 0) is 30.3 Å². The fourth-order valence-corrected chi connectivity index (χ4v) is 4.43. The maximum atomic E-state index is 12.7. The van der Waals surface area contributed by atoms with Crippen LogP contribution in [0.5, 0.6) is 11.5 Å². The van der Waals surface area contributed by atoms with E-state index in [1.54, 1.807) is 21.1 Å². The minimum atomic E-state index is -1.28. The Labute approximate surface area is 258 Å². The molecular formula is C33H56N2O8. The fourth-order valence-electron chi connectivity index (χ4n) is 4.43. The van der Waals surface area contributed by atoms with Gasteiger partial charge in [-0.05, 0) is 76.5 Å². The second-order valence-corrected chi connectivity index (χ2v) is 12.2. The van der Waals surface area contributed by atoms with E-state index in [-0.39, 0.29) is 23.3 Å². The molecule has 1 amide bonds. The number of hydrogen-bond donors (Lipinski definition) is 3. The lowest BCUT2D eigenvalue weighted by atomic mass is 9.81. The number of hydroxylamine groups is 1. The summed E-state index contributed by atoms with van der Waals surface area (Å²) in [6.07, 6.45) is 1.64. The Kier molecular flexibility index (Phi) is 18.4. The van der Waals surface area contributed by atoms with E-state index in [0.717, 1.165) is 18.4 Å². The molecule has 0 heterocycles. The average Bonchev–Trinajstić information content (AvgIpc) is 2.96. The molecule has 1 aromatic rings. The fraction of sp³-hybridized carbons (Fsp3) is 0.727. The van der Waals surface area contributed by atoms with Gasteiger partial charge < -0.3 is 29.4 Å². The highest BCUT2D eigenvalue weighted by Crippen LogP contribution is 2.32. The summed E-state index contributed by atoms with van der Waals surface area (Å²) in [5.41, 5.74) is 3.51. The Bertz CT molecular complexity index is 988. The van der Waals surface area contributed by atoms with E-state index >= 15 is 0 Å². The number of unbranched alkanes of at least 4 members (excludes halogenated alkanes) is 1. The zero-order valence-electron chi connectivity index (χ0n) is 27.8. The standard InChI is InChI=1S/C33H56N2O8/c1-10-11-14-34-32(38)24(4)27(22-36)31(37)28(35-43-33(5,6)7)21-26(23(2)3)19-25-12-13-29(40-9)30(20-25)42-18-17-41-16-15-39-8/h12-13,20,23-24,26,28,31,35,37H,10-11,14-19,21H2,1-9H3,(H,34,38)/t24-,26+,28+,31+/m1/s1. The monoisotopic (exact) mass is 608 g/mol. The predicted molar refractivity (Wildman–Crippen MR) is 168 cm³/mol. The summed E-state index contributed by atoms with van der Waals surface area (Å²) >= 11 is 0. The highest BCUT2D eigenvalue weighted by atomic mass is 16.7. The molecule has 3 N–H and O–H groups in total. The molecule has 0 spiro atoms. The van der Waals surface area contributed by atoms with Crippen molar-refractivity contribution in [3.05, 3.63) is 29.3 Å². The Balaban J connectivity index is 3.15. The third-order valence-corrected chi connectivity index (χ3v) is 7.17. The maximum absolute atomic E-state index is 12.7. The van der Waals surface area contributed by atoms with Crippen molar-refractivity contribution < 1.29 is 38.5 Å². The van der Waals surface area contributed by atoms with Gasteiger partial charge >= 0.3 is 0 Å². The van der Waals surface area contributed by atoms with E-state index in [2.05, 4.69) is 24.6 Å². The van der Waals surface area contributed by atoms with Gasteiger partial charge in [-0.1, -0.05) is 33.3 Å². The van der Waals surface area contributed by atoms with Gasteiger partial charge in [-0.25, -0.2) is 4.79 Å². The molecule has 0 fully saturated rings. The van der Waals surface area contributed by atoms with Crippen molar-refractivity contribution in [2.24, 2.45) is 17.8 Å². The van der Waals surface area contributed by atoms with Crippen molar-refractivity contribution in [1.82, 2.24) is 10.8 Å². The molecule has 0 bridgehead atoms. The molecule has 0 radical (unpaired) electrons. The average molecular weight is 609 g/mol. The van der Waals surface area contributed by atoms with Crippen molar-refractivity contribution in [2.75, 3.05) is 47.2 Å². The van der Waals surface area contributed by atoms with Gasteiger partial charge in [-0.3, -0.25) is 9.63 Å². The lowest BCUT2D eigenvalue weighted by Gasteiger charge is -2.33. The number of rotatable bonds is 22. The summed E-state index contributed by atoms with van der Waals surface area (Å²) in [7, 11) is 3.23. The molecule has 0 aromatic heterocycles. The number of carbonyl (C=O) groups is 1. The number of aliphatic hydroxyl groups is 1. The normalized spacial score (nSPS) is 14.5. The zero-order chi connectivity index (χ0) is 32.4. The van der Waals surface area contributed by atoms with Gasteiger partial charge in [-0.15, -0.1) is 0 Å². The first-order valence-electron chi connectivity index (χ1n) is 15.4. The molecule has 246 valence electrons. The van der Waals surface area contributed by atoms with Crippen molar-refractivity contribution >= 4 is 11.8 Å². The molecule has 0 saturated carbocycles. The molecule has 43 heavy (non-hydrogen) atoms. The van der Waals surface area contributed by atoms with Crippen molar-refractivity contribution in [3.63, 3.8) is 0 Å². The number of benzene rings is 1. The molecule has 0 saturated heterocycles. The van der Waals surface area contributed by atoms with Crippen LogP contribution >= 0.6 is 0 Å². The molecule has 4 atom stereocenters. The Morgan fingerprint density at radius 1 is 1.05 bits per heavy atom. The van der Waals surface area contributed by atoms with Gasteiger partial charge in [-0.2, -0.15) is 5.48 Å². The van der Waals surface area contributed by atoms with Crippen LogP contribution in [0.15, 0.2) is 23.8 Å². The molecule has 1 rings (SSSR count). The van der Waals surface area contributed by atoms with Crippen LogP contribution in [-0.4, -0.2) is 81.9 Å². The van der Waals surface area contributed by atoms with Crippen LogP contribution in [0, 0.1) is 17.8 Å². The van der Waals surface area contributed by atoms with Crippen molar-refractivity contribution in [2.45, 2.75) is 91.9 Å². The third kappa shape index (κ3) is 14.7. The van der Waals surface area contributed by atoms with Crippen LogP contribution in [0.4, 0.5) is 0 Å². The number of nitrogens with one attached hydrogen (secondary N) is 2. The number of aliphatic hydroxyl groups excluding tert-OH is 1. The largest absolute Gasteiger partial charge is 0.493 e. The number of ether oxygens (including phenoxy) is 4. The maximum Gasteiger partial charge on any atom is 0.227 e. The smallest absolute Gasteiger partial charge is 0.227 e. The Morgan fingerprint density at radius 2 is 1.74 bits per heavy atom. The molecule has 0 aliphatic carbocycles. The van der Waals surface area contributed by atoms with E-state index in [1.165, 1.54) is 0 Å². The summed E-state index contributed by atoms with van der Waals surface area (Å²) in [6, 6.07) is 5.19. The lowest BCUT2D eigenvalue weighted by molar-refractivity contribution is -0.124. The second-order valence-electron chi connectivity index (χ2n) is 12.2. The van der Waals surface area contributed by atoms with Crippen LogP contribution < -0.4 is 20.3 Å². The molecule has 1 aromatic carbocycles. The Morgan fingerprint density at radius 3 is 2.33 bits per heavy atom. The van der Waals surface area contributed by atoms with Crippen LogP contribution in [0.25, 0.3) is 0 Å². The molecule has 0 aliphatic rings. The van der Waals surface area contributed by atoms with Crippen LogP contribution in [0.2, 0.25) is 0 Å². The van der Waals surface area contributed by atoms with Crippen LogP contribution in [0.1, 0.15) is 73.3 Å². The quantitative estimate of drug-likeness (QED) is 0.100. The van der Waals surface area contributed by atoms with Crippen molar-refractivity contribution in [3.8, 4) is 11.5 Å². The SMILES string of the molecule is CCCCNC(=O)[C@H](C)C(=C=O)[C@H](O)[C@H](C[C@H](Cc1ccc(OC)c(OCCOCCOC)c1)C(C)C)NOC(C)(C)C. The molecule has 0 aliphatic heterocycles. The minimum absolute atomic E-state index is 0.000587. The number of amides is 1. The van der Waals surface area contributed by atoms with E-state index in [0.29, 0.717) is 57.3 Å². The molecular weight excluding hydrogens is 552 g/mol. The van der Waals surface area contributed by atoms with Gasteiger partial charge in [0.1, 0.15) is 18.7 Å².